The maximum absolute atomic E-state index is 11.4. The Morgan fingerprint density at radius 2 is 1.86 bits per heavy atom. The van der Waals surface area contributed by atoms with E-state index in [0.29, 0.717) is 0 Å². The van der Waals surface area contributed by atoms with Crippen LogP contribution in [0.1, 0.15) is 27.7 Å². The fourth-order valence-corrected chi connectivity index (χ4v) is 0.782. The molecule has 0 aliphatic rings. The van der Waals surface area contributed by atoms with Gasteiger partial charge in [0.25, 0.3) is 0 Å². The molecule has 2 atom stereocenters. The van der Waals surface area contributed by atoms with Crippen molar-refractivity contribution in [2.24, 2.45) is 11.1 Å². The van der Waals surface area contributed by atoms with Crippen molar-refractivity contribution in [1.82, 2.24) is 5.32 Å². The van der Waals surface area contributed by atoms with Gasteiger partial charge < -0.3 is 21.1 Å². The fraction of sp³-hybridized carbons (Fsp3) is 0.875. The van der Waals surface area contributed by atoms with Crippen LogP contribution in [0.15, 0.2) is 0 Å². The summed E-state index contributed by atoms with van der Waals surface area (Å²) in [5, 5.41) is 19.9. The van der Waals surface area contributed by atoms with Crippen molar-refractivity contribution in [2.45, 2.75) is 39.7 Å². The smallest absolute Gasteiger partial charge is 0.426 e. The number of hydrogen-bond donors (Lipinski definition) is 4. The van der Waals surface area contributed by atoms with Crippen molar-refractivity contribution in [3.63, 3.8) is 0 Å². The highest BCUT2D eigenvalue weighted by Gasteiger charge is 2.30. The van der Waals surface area contributed by atoms with Crippen molar-refractivity contribution in [1.29, 1.82) is 0 Å². The molecule has 0 saturated carbocycles. The molecule has 0 aromatic heterocycles. The lowest BCUT2D eigenvalue weighted by Gasteiger charge is -2.27. The van der Waals surface area contributed by atoms with Gasteiger partial charge in [-0.3, -0.25) is 4.79 Å². The van der Waals surface area contributed by atoms with Crippen LogP contribution in [0.5, 0.6) is 0 Å². The van der Waals surface area contributed by atoms with E-state index in [1.165, 1.54) is 6.92 Å². The van der Waals surface area contributed by atoms with Crippen LogP contribution in [0, 0.1) is 5.41 Å². The summed E-state index contributed by atoms with van der Waals surface area (Å²) in [5.74, 6) is -1.09. The van der Waals surface area contributed by atoms with Crippen LogP contribution < -0.4 is 11.1 Å². The van der Waals surface area contributed by atoms with Crippen LogP contribution >= 0.6 is 0 Å². The molecular weight excluding hydrogens is 183 g/mol. The van der Waals surface area contributed by atoms with Crippen LogP contribution in [0.4, 0.5) is 0 Å². The van der Waals surface area contributed by atoms with E-state index < -0.39 is 19.1 Å². The number of nitrogens with one attached hydrogen (secondary N) is 1. The Kier molecular flexibility index (Phi) is 4.57. The normalized spacial score (nSPS) is 15.9. The highest BCUT2D eigenvalue weighted by molar-refractivity contribution is 6.43. The second-order valence-corrected chi connectivity index (χ2v) is 4.55. The quantitative estimate of drug-likeness (QED) is 0.436. The molecule has 0 heterocycles. The Morgan fingerprint density at radius 1 is 1.43 bits per heavy atom. The summed E-state index contributed by atoms with van der Waals surface area (Å²) in [4.78, 5) is 11.4. The Labute approximate surface area is 84.8 Å². The number of carbonyl (C=O) groups excluding carboxylic acids is 1. The highest BCUT2D eigenvalue weighted by Crippen LogP contribution is 2.17. The van der Waals surface area contributed by atoms with Gasteiger partial charge in [0.2, 0.25) is 5.91 Å². The second-order valence-electron chi connectivity index (χ2n) is 4.55. The summed E-state index contributed by atoms with van der Waals surface area (Å²) in [6.07, 6.45) is 0. The standard InChI is InChI=1S/C8H19BN2O3/c1-5(9(13)14)11-7(12)6(10)8(2,3)4/h5-6,13-14H,10H2,1-4H3,(H,11,12)/t5-,6?/m1/s1. The van der Waals surface area contributed by atoms with E-state index in [4.69, 9.17) is 15.8 Å². The number of rotatable bonds is 3. The van der Waals surface area contributed by atoms with Gasteiger partial charge in [0.05, 0.1) is 12.0 Å². The Balaban J connectivity index is 4.23. The topological polar surface area (TPSA) is 95.6 Å². The predicted octanol–water partition coefficient (Wildman–Crippen LogP) is -1.12. The molecule has 5 nitrogen and oxygen atoms in total. The highest BCUT2D eigenvalue weighted by atomic mass is 16.4. The van der Waals surface area contributed by atoms with Crippen LogP contribution in [0.25, 0.3) is 0 Å². The van der Waals surface area contributed by atoms with E-state index in [2.05, 4.69) is 5.32 Å². The summed E-state index contributed by atoms with van der Waals surface area (Å²) in [6, 6.07) is -0.663. The lowest BCUT2D eigenvalue weighted by Crippen LogP contribution is -2.54. The first kappa shape index (κ1) is 13.4. The van der Waals surface area contributed by atoms with Crippen molar-refractivity contribution >= 4 is 13.0 Å². The van der Waals surface area contributed by atoms with Gasteiger partial charge in [0.15, 0.2) is 0 Å². The van der Waals surface area contributed by atoms with E-state index in [1.807, 2.05) is 20.8 Å². The first-order valence-electron chi connectivity index (χ1n) is 4.58. The minimum atomic E-state index is -1.56. The third-order valence-electron chi connectivity index (χ3n) is 2.03. The number of carbonyl (C=O) groups is 1. The van der Waals surface area contributed by atoms with E-state index in [0.717, 1.165) is 0 Å². The van der Waals surface area contributed by atoms with Gasteiger partial charge in [-0.25, -0.2) is 0 Å². The molecule has 0 aromatic carbocycles. The van der Waals surface area contributed by atoms with Gasteiger partial charge in [-0.05, 0) is 12.3 Å². The maximum atomic E-state index is 11.4. The Bertz CT molecular complexity index is 203. The van der Waals surface area contributed by atoms with Gasteiger partial charge in [0.1, 0.15) is 0 Å². The maximum Gasteiger partial charge on any atom is 0.475 e. The SMILES string of the molecule is C[C@@H](NC(=O)C(N)C(C)(C)C)B(O)O. The zero-order chi connectivity index (χ0) is 11.5. The minimum Gasteiger partial charge on any atom is -0.426 e. The third-order valence-corrected chi connectivity index (χ3v) is 2.03. The van der Waals surface area contributed by atoms with E-state index in [9.17, 15) is 4.79 Å². The molecular formula is C8H19BN2O3. The van der Waals surface area contributed by atoms with Gasteiger partial charge in [-0.2, -0.15) is 0 Å². The zero-order valence-corrected chi connectivity index (χ0v) is 9.11. The van der Waals surface area contributed by atoms with Gasteiger partial charge >= 0.3 is 7.12 Å². The summed E-state index contributed by atoms with van der Waals surface area (Å²) in [6.45, 7) is 7.03. The third kappa shape index (κ3) is 4.08. The summed E-state index contributed by atoms with van der Waals surface area (Å²) < 4.78 is 0. The van der Waals surface area contributed by atoms with E-state index in [-0.39, 0.29) is 11.3 Å². The van der Waals surface area contributed by atoms with Crippen LogP contribution in [-0.4, -0.2) is 35.1 Å². The van der Waals surface area contributed by atoms with Crippen molar-refractivity contribution in [3.05, 3.63) is 0 Å². The van der Waals surface area contributed by atoms with Gasteiger partial charge in [0, 0.05) is 0 Å². The zero-order valence-electron chi connectivity index (χ0n) is 9.11. The van der Waals surface area contributed by atoms with E-state index in [1.54, 1.807) is 0 Å². The van der Waals surface area contributed by atoms with Crippen molar-refractivity contribution < 1.29 is 14.8 Å². The summed E-state index contributed by atoms with van der Waals surface area (Å²) in [5.41, 5.74) is 5.32. The Hall–Kier alpha value is -0.585. The van der Waals surface area contributed by atoms with E-state index >= 15 is 0 Å². The molecule has 0 spiro atoms. The molecule has 82 valence electrons. The monoisotopic (exact) mass is 202 g/mol. The molecule has 1 unspecified atom stereocenters. The number of hydrogen-bond acceptors (Lipinski definition) is 4. The minimum absolute atomic E-state index is 0.343. The molecule has 1 amide bonds. The molecule has 0 rings (SSSR count). The fourth-order valence-electron chi connectivity index (χ4n) is 0.782. The molecule has 0 aromatic rings. The lowest BCUT2D eigenvalue weighted by molar-refractivity contribution is -0.124. The van der Waals surface area contributed by atoms with Crippen molar-refractivity contribution in [3.8, 4) is 0 Å². The first-order valence-corrected chi connectivity index (χ1v) is 4.58. The van der Waals surface area contributed by atoms with Gasteiger partial charge in [-0.1, -0.05) is 20.8 Å². The molecule has 0 fully saturated rings. The molecule has 0 aliphatic carbocycles. The van der Waals surface area contributed by atoms with Crippen LogP contribution in [0.2, 0.25) is 0 Å². The lowest BCUT2D eigenvalue weighted by atomic mass is 9.80. The second kappa shape index (κ2) is 4.77. The largest absolute Gasteiger partial charge is 0.475 e. The van der Waals surface area contributed by atoms with Crippen LogP contribution in [0.3, 0.4) is 0 Å². The first-order chi connectivity index (χ1) is 6.16. The molecule has 14 heavy (non-hydrogen) atoms. The molecule has 0 bridgehead atoms. The predicted molar refractivity (Wildman–Crippen MR) is 55.2 cm³/mol. The average molecular weight is 202 g/mol. The number of amides is 1. The average Bonchev–Trinajstić information content (AvgIpc) is 2.00. The van der Waals surface area contributed by atoms with Gasteiger partial charge in [-0.15, -0.1) is 0 Å². The summed E-state index contributed by atoms with van der Waals surface area (Å²) in [7, 11) is -1.56. The van der Waals surface area contributed by atoms with Crippen molar-refractivity contribution in [2.75, 3.05) is 0 Å². The molecule has 6 heteroatoms. The van der Waals surface area contributed by atoms with Crippen LogP contribution in [-0.2, 0) is 4.79 Å². The molecule has 5 N–H and O–H groups in total. The molecule has 0 radical (unpaired) electrons. The summed E-state index contributed by atoms with van der Waals surface area (Å²) >= 11 is 0. The molecule has 0 saturated heterocycles. The number of nitrogens with two attached hydrogens (primary N) is 1. The Morgan fingerprint density at radius 3 is 2.14 bits per heavy atom. The molecule has 0 aliphatic heterocycles.